The van der Waals surface area contributed by atoms with Crippen molar-refractivity contribution in [1.29, 1.82) is 0 Å². The maximum atomic E-state index is 12.6. The molecular formula is C22H22N4O4S. The lowest BCUT2D eigenvalue weighted by Gasteiger charge is -2.23. The number of aromatic amines is 1. The molecule has 2 aromatic heterocycles. The number of hydrogen-bond acceptors (Lipinski definition) is 6. The van der Waals surface area contributed by atoms with Gasteiger partial charge in [0, 0.05) is 23.4 Å². The van der Waals surface area contributed by atoms with Crippen LogP contribution >= 0.6 is 11.3 Å². The van der Waals surface area contributed by atoms with E-state index < -0.39 is 6.10 Å². The van der Waals surface area contributed by atoms with Crippen molar-refractivity contribution >= 4 is 44.7 Å². The van der Waals surface area contributed by atoms with E-state index in [1.807, 2.05) is 0 Å². The summed E-state index contributed by atoms with van der Waals surface area (Å²) in [6.45, 7) is 1.68. The summed E-state index contributed by atoms with van der Waals surface area (Å²) in [5.74, 6) is 0.659. The summed E-state index contributed by atoms with van der Waals surface area (Å²) < 4.78 is 5.52. The van der Waals surface area contributed by atoms with Crippen LogP contribution in [0.25, 0.3) is 10.2 Å². The molecule has 8 nitrogen and oxygen atoms in total. The number of fused-ring (bicyclic) bond motifs is 4. The van der Waals surface area contributed by atoms with Gasteiger partial charge in [0.05, 0.1) is 11.1 Å². The first-order valence-electron chi connectivity index (χ1n) is 10.4. The molecule has 1 aliphatic carbocycles. The molecule has 31 heavy (non-hydrogen) atoms. The largest absolute Gasteiger partial charge is 0.479 e. The second-order valence-corrected chi connectivity index (χ2v) is 9.00. The van der Waals surface area contributed by atoms with Crippen molar-refractivity contribution in [2.24, 2.45) is 0 Å². The van der Waals surface area contributed by atoms with Gasteiger partial charge in [0.25, 0.3) is 11.5 Å². The van der Waals surface area contributed by atoms with Crippen molar-refractivity contribution in [1.82, 2.24) is 9.97 Å². The molecule has 160 valence electrons. The summed E-state index contributed by atoms with van der Waals surface area (Å²) >= 11 is 1.60. The number of carbonyl (C=O) groups is 2. The van der Waals surface area contributed by atoms with E-state index >= 15 is 0 Å². The first kappa shape index (κ1) is 19.7. The van der Waals surface area contributed by atoms with Gasteiger partial charge in [-0.15, -0.1) is 11.3 Å². The van der Waals surface area contributed by atoms with Crippen molar-refractivity contribution in [3.63, 3.8) is 0 Å². The maximum Gasteiger partial charge on any atom is 0.265 e. The molecule has 0 spiro atoms. The molecule has 0 bridgehead atoms. The van der Waals surface area contributed by atoms with Gasteiger partial charge in [-0.3, -0.25) is 14.4 Å². The van der Waals surface area contributed by atoms with Crippen LogP contribution in [0.4, 0.5) is 11.4 Å². The molecule has 5 rings (SSSR count). The van der Waals surface area contributed by atoms with E-state index in [1.54, 1.807) is 36.5 Å². The molecule has 1 aliphatic heterocycles. The predicted molar refractivity (Wildman–Crippen MR) is 119 cm³/mol. The van der Waals surface area contributed by atoms with Gasteiger partial charge in [0.2, 0.25) is 5.91 Å². The van der Waals surface area contributed by atoms with Crippen LogP contribution in [-0.4, -0.2) is 27.9 Å². The zero-order chi connectivity index (χ0) is 21.5. The van der Waals surface area contributed by atoms with Crippen molar-refractivity contribution in [2.75, 3.05) is 10.6 Å². The summed E-state index contributed by atoms with van der Waals surface area (Å²) in [5, 5.41) is 6.30. The van der Waals surface area contributed by atoms with Gasteiger partial charge in [-0.05, 0) is 56.4 Å². The molecule has 2 aliphatic rings. The lowest BCUT2D eigenvalue weighted by molar-refractivity contribution is -0.122. The average molecular weight is 439 g/mol. The summed E-state index contributed by atoms with van der Waals surface area (Å²) in [7, 11) is 0. The molecule has 1 atom stereocenters. The molecule has 9 heteroatoms. The van der Waals surface area contributed by atoms with Crippen LogP contribution in [0.2, 0.25) is 0 Å². The van der Waals surface area contributed by atoms with Crippen molar-refractivity contribution in [3.05, 3.63) is 44.8 Å². The number of H-pyrrole nitrogens is 1. The van der Waals surface area contributed by atoms with Crippen molar-refractivity contribution < 1.29 is 14.3 Å². The van der Waals surface area contributed by atoms with E-state index in [0.29, 0.717) is 29.4 Å². The lowest BCUT2D eigenvalue weighted by Crippen LogP contribution is -2.34. The van der Waals surface area contributed by atoms with E-state index in [1.165, 1.54) is 4.88 Å². The fourth-order valence-corrected chi connectivity index (χ4v) is 5.35. The molecule has 3 N–H and O–H groups in total. The monoisotopic (exact) mass is 438 g/mol. The van der Waals surface area contributed by atoms with E-state index in [0.717, 1.165) is 41.5 Å². The van der Waals surface area contributed by atoms with Crippen LogP contribution in [0.3, 0.4) is 0 Å². The Bertz CT molecular complexity index is 1260. The highest BCUT2D eigenvalue weighted by atomic mass is 32.1. The van der Waals surface area contributed by atoms with Gasteiger partial charge in [-0.2, -0.15) is 0 Å². The first-order chi connectivity index (χ1) is 15.0. The molecule has 3 aromatic rings. The Balaban J connectivity index is 1.27. The number of aromatic nitrogens is 2. The zero-order valence-corrected chi connectivity index (χ0v) is 17.9. The summed E-state index contributed by atoms with van der Waals surface area (Å²) in [6.07, 6.45) is 4.18. The number of carbonyl (C=O) groups excluding carboxylic acids is 2. The molecule has 0 saturated heterocycles. The fourth-order valence-electron chi connectivity index (χ4n) is 4.07. The fraction of sp³-hybridized carbons (Fsp3) is 0.364. The van der Waals surface area contributed by atoms with Gasteiger partial charge in [-0.25, -0.2) is 4.98 Å². The predicted octanol–water partition coefficient (Wildman–Crippen LogP) is 3.15. The number of hydrogen-bond donors (Lipinski definition) is 3. The minimum Gasteiger partial charge on any atom is -0.479 e. The second kappa shape index (κ2) is 7.81. The Kier molecular flexibility index (Phi) is 4.97. The highest BCUT2D eigenvalue weighted by Gasteiger charge is 2.24. The molecule has 1 aromatic carbocycles. The number of amides is 2. The SMILES string of the molecule is CC1Oc2ccc(NC(=O)CCc3nc4sc5c(c4c(=O)[nH]3)CCCC5)cc2NC1=O. The Labute approximate surface area is 182 Å². The average Bonchev–Trinajstić information content (AvgIpc) is 3.12. The lowest BCUT2D eigenvalue weighted by atomic mass is 9.97. The minimum atomic E-state index is -0.547. The Morgan fingerprint density at radius 1 is 1.29 bits per heavy atom. The topological polar surface area (TPSA) is 113 Å². The standard InChI is InChI=1S/C22H22N4O4S/c1-11-20(28)24-14-10-12(6-7-15(14)30-11)23-18(27)9-8-17-25-21(29)19-13-4-2-3-5-16(13)31-22(19)26-17/h6-7,10-11H,2-5,8-9H2,1H3,(H,23,27)(H,24,28)(H,25,26,29). The third kappa shape index (κ3) is 3.81. The van der Waals surface area contributed by atoms with Crippen molar-refractivity contribution in [2.45, 2.75) is 51.6 Å². The van der Waals surface area contributed by atoms with Crippen LogP contribution < -0.4 is 20.9 Å². The molecule has 0 fully saturated rings. The van der Waals surface area contributed by atoms with Crippen molar-refractivity contribution in [3.8, 4) is 5.75 Å². The quantitative estimate of drug-likeness (QED) is 0.579. The zero-order valence-electron chi connectivity index (χ0n) is 17.0. The summed E-state index contributed by atoms with van der Waals surface area (Å²) in [4.78, 5) is 46.3. The van der Waals surface area contributed by atoms with Gasteiger partial charge < -0.3 is 20.4 Å². The normalized spacial score (nSPS) is 17.5. The summed E-state index contributed by atoms with van der Waals surface area (Å²) in [5.41, 5.74) is 2.13. The molecular weight excluding hydrogens is 416 g/mol. The molecule has 2 amide bonds. The van der Waals surface area contributed by atoms with E-state index in [9.17, 15) is 14.4 Å². The Morgan fingerprint density at radius 3 is 3.00 bits per heavy atom. The second-order valence-electron chi connectivity index (χ2n) is 7.91. The maximum absolute atomic E-state index is 12.6. The number of benzene rings is 1. The number of anilines is 2. The third-order valence-electron chi connectivity index (χ3n) is 5.66. The smallest absolute Gasteiger partial charge is 0.265 e. The van der Waals surface area contributed by atoms with E-state index in [-0.39, 0.29) is 23.8 Å². The third-order valence-corrected chi connectivity index (χ3v) is 6.84. The van der Waals surface area contributed by atoms with Crippen LogP contribution in [0.1, 0.15) is 42.5 Å². The van der Waals surface area contributed by atoms with Gasteiger partial charge in [-0.1, -0.05) is 0 Å². The van der Waals surface area contributed by atoms with Crippen LogP contribution in [0, 0.1) is 0 Å². The highest BCUT2D eigenvalue weighted by Crippen LogP contribution is 2.34. The highest BCUT2D eigenvalue weighted by molar-refractivity contribution is 7.18. The number of aryl methyl sites for hydroxylation is 3. The van der Waals surface area contributed by atoms with Gasteiger partial charge >= 0.3 is 0 Å². The first-order valence-corrected chi connectivity index (χ1v) is 11.2. The minimum absolute atomic E-state index is 0.112. The molecule has 0 saturated carbocycles. The number of rotatable bonds is 4. The molecule has 1 unspecified atom stereocenters. The Hall–Kier alpha value is -3.20. The van der Waals surface area contributed by atoms with Gasteiger partial charge in [0.15, 0.2) is 6.10 Å². The van der Waals surface area contributed by atoms with E-state index in [2.05, 4.69) is 20.6 Å². The number of ether oxygens (including phenoxy) is 1. The Morgan fingerprint density at radius 2 is 2.13 bits per heavy atom. The summed E-state index contributed by atoms with van der Waals surface area (Å²) in [6, 6.07) is 5.11. The van der Waals surface area contributed by atoms with Crippen LogP contribution in [0.5, 0.6) is 5.75 Å². The number of nitrogens with one attached hydrogen (secondary N) is 3. The van der Waals surface area contributed by atoms with Crippen LogP contribution in [0.15, 0.2) is 23.0 Å². The van der Waals surface area contributed by atoms with E-state index in [4.69, 9.17) is 4.74 Å². The molecule has 3 heterocycles. The van der Waals surface area contributed by atoms with Crippen LogP contribution in [-0.2, 0) is 28.9 Å². The molecule has 0 radical (unpaired) electrons. The number of nitrogens with zero attached hydrogens (tertiary/aromatic N) is 1. The van der Waals surface area contributed by atoms with Gasteiger partial charge in [0.1, 0.15) is 16.4 Å². The number of thiophene rings is 1.